The summed E-state index contributed by atoms with van der Waals surface area (Å²) in [4.78, 5) is 11.6. The highest BCUT2D eigenvalue weighted by Crippen LogP contribution is 2.15. The summed E-state index contributed by atoms with van der Waals surface area (Å²) in [6.07, 6.45) is 1.09. The van der Waals surface area contributed by atoms with Crippen molar-refractivity contribution in [1.29, 1.82) is 0 Å². The second-order valence-corrected chi connectivity index (χ2v) is 4.87. The molecule has 1 amide bonds. The summed E-state index contributed by atoms with van der Waals surface area (Å²) in [5, 5.41) is 2.84. The Morgan fingerprint density at radius 2 is 2.11 bits per heavy atom. The maximum absolute atomic E-state index is 11.6. The van der Waals surface area contributed by atoms with Crippen LogP contribution in [0.3, 0.4) is 0 Å². The van der Waals surface area contributed by atoms with Gasteiger partial charge in [0.1, 0.15) is 12.4 Å². The standard InChI is InChI=1S/C13H20N2O2S/c1-2-9-18-10-13(16)15-11-3-5-12(6-4-11)17-8-7-14/h3-6H,2,7-10,14H2,1H3,(H,15,16). The van der Waals surface area contributed by atoms with Gasteiger partial charge in [0.25, 0.3) is 0 Å². The van der Waals surface area contributed by atoms with Crippen molar-refractivity contribution in [1.82, 2.24) is 0 Å². The summed E-state index contributed by atoms with van der Waals surface area (Å²) in [5.74, 6) is 2.31. The molecule has 0 aromatic heterocycles. The quantitative estimate of drug-likeness (QED) is 0.709. The monoisotopic (exact) mass is 268 g/mol. The lowest BCUT2D eigenvalue weighted by Crippen LogP contribution is -2.14. The van der Waals surface area contributed by atoms with E-state index in [1.165, 1.54) is 0 Å². The lowest BCUT2D eigenvalue weighted by molar-refractivity contribution is -0.113. The first kappa shape index (κ1) is 14.9. The molecule has 0 heterocycles. The number of rotatable bonds is 8. The lowest BCUT2D eigenvalue weighted by Gasteiger charge is -2.07. The minimum absolute atomic E-state index is 0.0316. The van der Waals surface area contributed by atoms with Crippen LogP contribution in [-0.4, -0.2) is 30.6 Å². The molecule has 0 atom stereocenters. The Bertz CT molecular complexity index is 355. The van der Waals surface area contributed by atoms with Crippen molar-refractivity contribution in [3.05, 3.63) is 24.3 Å². The number of anilines is 1. The molecule has 0 bridgehead atoms. The Morgan fingerprint density at radius 1 is 1.39 bits per heavy atom. The maximum Gasteiger partial charge on any atom is 0.234 e. The van der Waals surface area contributed by atoms with Crippen molar-refractivity contribution in [2.75, 3.05) is 30.0 Å². The molecule has 5 heteroatoms. The number of carbonyl (C=O) groups is 1. The van der Waals surface area contributed by atoms with Crippen LogP contribution in [0.5, 0.6) is 5.75 Å². The van der Waals surface area contributed by atoms with Crippen molar-refractivity contribution in [3.63, 3.8) is 0 Å². The molecule has 0 saturated heterocycles. The van der Waals surface area contributed by atoms with Crippen LogP contribution in [0.25, 0.3) is 0 Å². The summed E-state index contributed by atoms with van der Waals surface area (Å²) in [6, 6.07) is 7.30. The summed E-state index contributed by atoms with van der Waals surface area (Å²) in [5.41, 5.74) is 6.13. The molecule has 1 aromatic carbocycles. The Balaban J connectivity index is 2.35. The first-order valence-electron chi connectivity index (χ1n) is 6.06. The van der Waals surface area contributed by atoms with E-state index in [4.69, 9.17) is 10.5 Å². The van der Waals surface area contributed by atoms with Crippen molar-refractivity contribution in [2.45, 2.75) is 13.3 Å². The normalized spacial score (nSPS) is 10.1. The SMILES string of the molecule is CCCSCC(=O)Nc1ccc(OCCN)cc1. The number of benzene rings is 1. The molecule has 0 aliphatic rings. The van der Waals surface area contributed by atoms with E-state index in [0.29, 0.717) is 18.9 Å². The van der Waals surface area contributed by atoms with Crippen LogP contribution in [0.2, 0.25) is 0 Å². The number of nitrogens with one attached hydrogen (secondary N) is 1. The van der Waals surface area contributed by atoms with Gasteiger partial charge in [-0.05, 0) is 36.4 Å². The molecule has 4 nitrogen and oxygen atoms in total. The van der Waals surface area contributed by atoms with Gasteiger partial charge in [0, 0.05) is 12.2 Å². The Morgan fingerprint density at radius 3 is 2.72 bits per heavy atom. The zero-order valence-electron chi connectivity index (χ0n) is 10.6. The first-order valence-corrected chi connectivity index (χ1v) is 7.22. The zero-order valence-corrected chi connectivity index (χ0v) is 11.5. The Kier molecular flexibility index (Phi) is 7.29. The topological polar surface area (TPSA) is 64.3 Å². The van der Waals surface area contributed by atoms with Crippen LogP contribution in [0, 0.1) is 0 Å². The average molecular weight is 268 g/mol. The van der Waals surface area contributed by atoms with E-state index in [1.54, 1.807) is 11.8 Å². The van der Waals surface area contributed by atoms with Gasteiger partial charge in [0.2, 0.25) is 5.91 Å². The van der Waals surface area contributed by atoms with Gasteiger partial charge in [-0.1, -0.05) is 6.92 Å². The number of thioether (sulfide) groups is 1. The fourth-order valence-electron chi connectivity index (χ4n) is 1.32. The molecular formula is C13H20N2O2S. The van der Waals surface area contributed by atoms with Crippen molar-refractivity contribution in [2.24, 2.45) is 5.73 Å². The van der Waals surface area contributed by atoms with E-state index in [0.717, 1.165) is 23.6 Å². The second kappa shape index (κ2) is 8.83. The first-order chi connectivity index (χ1) is 8.76. The van der Waals surface area contributed by atoms with Crippen molar-refractivity contribution in [3.8, 4) is 5.75 Å². The molecule has 18 heavy (non-hydrogen) atoms. The molecule has 0 spiro atoms. The molecular weight excluding hydrogens is 248 g/mol. The van der Waals surface area contributed by atoms with Gasteiger partial charge in [-0.15, -0.1) is 0 Å². The number of nitrogens with two attached hydrogens (primary N) is 1. The van der Waals surface area contributed by atoms with Crippen LogP contribution in [0.4, 0.5) is 5.69 Å². The molecule has 3 N–H and O–H groups in total. The number of hydrogen-bond donors (Lipinski definition) is 2. The zero-order chi connectivity index (χ0) is 13.2. The van der Waals surface area contributed by atoms with Crippen LogP contribution >= 0.6 is 11.8 Å². The number of hydrogen-bond acceptors (Lipinski definition) is 4. The van der Waals surface area contributed by atoms with E-state index in [9.17, 15) is 4.79 Å². The highest BCUT2D eigenvalue weighted by atomic mass is 32.2. The minimum Gasteiger partial charge on any atom is -0.492 e. The molecule has 0 unspecified atom stereocenters. The predicted molar refractivity (Wildman–Crippen MR) is 77.2 cm³/mol. The van der Waals surface area contributed by atoms with E-state index in [1.807, 2.05) is 24.3 Å². The van der Waals surface area contributed by atoms with Gasteiger partial charge in [0.05, 0.1) is 5.75 Å². The van der Waals surface area contributed by atoms with Crippen molar-refractivity contribution >= 4 is 23.4 Å². The van der Waals surface area contributed by atoms with E-state index < -0.39 is 0 Å². The third kappa shape index (κ3) is 5.93. The fourth-order valence-corrected chi connectivity index (χ4v) is 2.01. The summed E-state index contributed by atoms with van der Waals surface area (Å²) >= 11 is 1.64. The lowest BCUT2D eigenvalue weighted by atomic mass is 10.3. The van der Waals surface area contributed by atoms with Gasteiger partial charge < -0.3 is 15.8 Å². The highest BCUT2D eigenvalue weighted by molar-refractivity contribution is 7.99. The van der Waals surface area contributed by atoms with E-state index in [-0.39, 0.29) is 5.91 Å². The molecule has 0 fully saturated rings. The fraction of sp³-hybridized carbons (Fsp3) is 0.462. The largest absolute Gasteiger partial charge is 0.492 e. The smallest absolute Gasteiger partial charge is 0.234 e. The molecule has 0 aliphatic heterocycles. The third-order valence-corrected chi connectivity index (χ3v) is 3.27. The van der Waals surface area contributed by atoms with E-state index >= 15 is 0 Å². The summed E-state index contributed by atoms with van der Waals surface area (Å²) in [6.45, 7) is 3.09. The molecule has 0 saturated carbocycles. The van der Waals surface area contributed by atoms with Crippen molar-refractivity contribution < 1.29 is 9.53 Å². The highest BCUT2D eigenvalue weighted by Gasteiger charge is 2.02. The maximum atomic E-state index is 11.6. The Hall–Kier alpha value is -1.20. The van der Waals surface area contributed by atoms with Crippen LogP contribution in [-0.2, 0) is 4.79 Å². The number of carbonyl (C=O) groups excluding carboxylic acids is 1. The third-order valence-electron chi connectivity index (χ3n) is 2.11. The molecule has 1 aromatic rings. The van der Waals surface area contributed by atoms with Crippen LogP contribution < -0.4 is 15.8 Å². The van der Waals surface area contributed by atoms with E-state index in [2.05, 4.69) is 12.2 Å². The van der Waals surface area contributed by atoms with Gasteiger partial charge in [-0.2, -0.15) is 11.8 Å². The summed E-state index contributed by atoms with van der Waals surface area (Å²) in [7, 11) is 0. The number of amides is 1. The molecule has 1 rings (SSSR count). The van der Waals surface area contributed by atoms with Gasteiger partial charge in [-0.25, -0.2) is 0 Å². The van der Waals surface area contributed by atoms with Crippen LogP contribution in [0.1, 0.15) is 13.3 Å². The van der Waals surface area contributed by atoms with Gasteiger partial charge in [-0.3, -0.25) is 4.79 Å². The molecule has 0 aliphatic carbocycles. The minimum atomic E-state index is 0.0316. The van der Waals surface area contributed by atoms with Crippen LogP contribution in [0.15, 0.2) is 24.3 Å². The second-order valence-electron chi connectivity index (χ2n) is 3.76. The molecule has 0 radical (unpaired) electrons. The molecule has 100 valence electrons. The van der Waals surface area contributed by atoms with Gasteiger partial charge in [0.15, 0.2) is 0 Å². The summed E-state index contributed by atoms with van der Waals surface area (Å²) < 4.78 is 5.35. The predicted octanol–water partition coefficient (Wildman–Crippen LogP) is 2.11. The number of ether oxygens (including phenoxy) is 1. The Labute approximate surface area is 112 Å². The average Bonchev–Trinajstić information content (AvgIpc) is 2.38. The van der Waals surface area contributed by atoms with Gasteiger partial charge >= 0.3 is 0 Å².